The number of methoxy groups -OCH3 is 1. The number of hydrazine groups is 1. The summed E-state index contributed by atoms with van der Waals surface area (Å²) in [5, 5.41) is 0. The van der Waals surface area contributed by atoms with Gasteiger partial charge in [-0.25, -0.2) is 15.8 Å². The molecule has 0 amide bonds. The molecule has 1 aromatic rings. The van der Waals surface area contributed by atoms with Gasteiger partial charge in [-0.2, -0.15) is 0 Å². The molecule has 5 nitrogen and oxygen atoms in total. The summed E-state index contributed by atoms with van der Waals surface area (Å²) >= 11 is 0. The molecule has 106 valence electrons. The maximum Gasteiger partial charge on any atom is 0.144 e. The van der Waals surface area contributed by atoms with Crippen LogP contribution in [0.1, 0.15) is 62.4 Å². The van der Waals surface area contributed by atoms with Crippen LogP contribution in [0.3, 0.4) is 0 Å². The van der Waals surface area contributed by atoms with Crippen LogP contribution in [0.15, 0.2) is 6.07 Å². The van der Waals surface area contributed by atoms with Crippen molar-refractivity contribution in [2.24, 2.45) is 5.84 Å². The fourth-order valence-corrected chi connectivity index (χ4v) is 2.71. The van der Waals surface area contributed by atoms with Crippen LogP contribution < -0.4 is 11.3 Å². The molecule has 2 rings (SSSR count). The summed E-state index contributed by atoms with van der Waals surface area (Å²) in [6.45, 7) is 0.497. The number of nitrogens with one attached hydrogen (secondary N) is 1. The Morgan fingerprint density at radius 3 is 2.53 bits per heavy atom. The van der Waals surface area contributed by atoms with Crippen LogP contribution in [0, 0.1) is 0 Å². The number of hydrogen-bond donors (Lipinski definition) is 2. The molecule has 3 N–H and O–H groups in total. The van der Waals surface area contributed by atoms with Crippen molar-refractivity contribution in [2.75, 3.05) is 12.5 Å². The summed E-state index contributed by atoms with van der Waals surface area (Å²) in [6.07, 6.45) is 8.93. The third-order valence-electron chi connectivity index (χ3n) is 3.71. The van der Waals surface area contributed by atoms with E-state index >= 15 is 0 Å². The van der Waals surface area contributed by atoms with Crippen molar-refractivity contribution in [3.8, 4) is 0 Å². The lowest BCUT2D eigenvalue weighted by molar-refractivity contribution is 0.181. The normalized spacial score (nSPS) is 17.8. The number of nitrogens with two attached hydrogens (primary N) is 1. The van der Waals surface area contributed by atoms with E-state index in [9.17, 15) is 0 Å². The van der Waals surface area contributed by atoms with Crippen LogP contribution in [0.25, 0.3) is 0 Å². The van der Waals surface area contributed by atoms with Crippen LogP contribution in [-0.4, -0.2) is 17.1 Å². The maximum atomic E-state index is 5.49. The number of aromatic nitrogens is 2. The predicted octanol–water partition coefficient (Wildman–Crippen LogP) is 2.74. The highest BCUT2D eigenvalue weighted by molar-refractivity contribution is 5.34. The van der Waals surface area contributed by atoms with Crippen molar-refractivity contribution in [2.45, 2.75) is 57.5 Å². The van der Waals surface area contributed by atoms with Gasteiger partial charge in [0.1, 0.15) is 11.6 Å². The van der Waals surface area contributed by atoms with Crippen LogP contribution in [0.5, 0.6) is 0 Å². The number of anilines is 1. The first-order valence-corrected chi connectivity index (χ1v) is 7.17. The summed E-state index contributed by atoms with van der Waals surface area (Å²) in [5.74, 6) is 7.55. The lowest BCUT2D eigenvalue weighted by Gasteiger charge is -2.19. The van der Waals surface area contributed by atoms with Gasteiger partial charge in [0.05, 0.1) is 12.3 Å². The van der Waals surface area contributed by atoms with Crippen LogP contribution in [0.2, 0.25) is 0 Å². The van der Waals surface area contributed by atoms with Crippen LogP contribution in [0.4, 0.5) is 5.82 Å². The van der Waals surface area contributed by atoms with Crippen molar-refractivity contribution in [3.63, 3.8) is 0 Å². The minimum Gasteiger partial charge on any atom is -0.378 e. The molecule has 1 heterocycles. The number of nitrogen functional groups attached to an aromatic ring is 1. The SMILES string of the molecule is COCc1cc(NN)nc(C2CCCCCCC2)n1. The zero-order chi connectivity index (χ0) is 13.5. The minimum atomic E-state index is 0.462. The predicted molar refractivity (Wildman–Crippen MR) is 75.6 cm³/mol. The van der Waals surface area contributed by atoms with Gasteiger partial charge in [0.2, 0.25) is 0 Å². The molecular formula is C14H24N4O. The molecule has 5 heteroatoms. The molecule has 1 fully saturated rings. The van der Waals surface area contributed by atoms with E-state index in [1.54, 1.807) is 7.11 Å². The molecule has 0 aromatic carbocycles. The molecule has 1 aliphatic rings. The summed E-state index contributed by atoms with van der Waals surface area (Å²) < 4.78 is 5.16. The fourth-order valence-electron chi connectivity index (χ4n) is 2.71. The van der Waals surface area contributed by atoms with Gasteiger partial charge in [-0.05, 0) is 12.8 Å². The van der Waals surface area contributed by atoms with E-state index in [1.807, 2.05) is 6.07 Å². The van der Waals surface area contributed by atoms with Crippen molar-refractivity contribution in [1.29, 1.82) is 0 Å². The van der Waals surface area contributed by atoms with Gasteiger partial charge in [-0.1, -0.05) is 32.1 Å². The Kier molecular flexibility index (Phi) is 5.54. The minimum absolute atomic E-state index is 0.462. The van der Waals surface area contributed by atoms with Gasteiger partial charge in [0, 0.05) is 19.1 Å². The standard InChI is InChI=1S/C14H24N4O/c1-19-10-12-9-13(18-15)17-14(16-12)11-7-5-3-2-4-6-8-11/h9,11H,2-8,10,15H2,1H3,(H,16,17,18). The highest BCUT2D eigenvalue weighted by Crippen LogP contribution is 2.29. The van der Waals surface area contributed by atoms with Gasteiger partial charge >= 0.3 is 0 Å². The van der Waals surface area contributed by atoms with E-state index in [-0.39, 0.29) is 0 Å². The second-order valence-corrected chi connectivity index (χ2v) is 5.22. The summed E-state index contributed by atoms with van der Waals surface area (Å²) in [6, 6.07) is 1.84. The van der Waals surface area contributed by atoms with E-state index in [1.165, 1.54) is 44.9 Å². The Hall–Kier alpha value is -1.20. The Morgan fingerprint density at radius 1 is 1.21 bits per heavy atom. The first-order chi connectivity index (χ1) is 9.33. The molecular weight excluding hydrogens is 240 g/mol. The molecule has 1 aliphatic carbocycles. The van der Waals surface area contributed by atoms with Crippen LogP contribution in [-0.2, 0) is 11.3 Å². The molecule has 0 aliphatic heterocycles. The monoisotopic (exact) mass is 264 g/mol. The van der Waals surface area contributed by atoms with E-state index < -0.39 is 0 Å². The Labute approximate surface area is 114 Å². The highest BCUT2D eigenvalue weighted by atomic mass is 16.5. The number of hydrogen-bond acceptors (Lipinski definition) is 5. The van der Waals surface area contributed by atoms with E-state index in [2.05, 4.69) is 15.4 Å². The zero-order valence-corrected chi connectivity index (χ0v) is 11.7. The maximum absolute atomic E-state index is 5.49. The van der Waals surface area contributed by atoms with Crippen molar-refractivity contribution in [3.05, 3.63) is 17.6 Å². The Morgan fingerprint density at radius 2 is 1.89 bits per heavy atom. The first-order valence-electron chi connectivity index (χ1n) is 7.17. The third-order valence-corrected chi connectivity index (χ3v) is 3.71. The summed E-state index contributed by atoms with van der Waals surface area (Å²) in [5.41, 5.74) is 3.52. The van der Waals surface area contributed by atoms with Crippen molar-refractivity contribution < 1.29 is 4.74 Å². The fraction of sp³-hybridized carbons (Fsp3) is 0.714. The molecule has 0 atom stereocenters. The zero-order valence-electron chi connectivity index (χ0n) is 11.7. The van der Waals surface area contributed by atoms with Gasteiger partial charge in [-0.15, -0.1) is 0 Å². The first kappa shape index (κ1) is 14.2. The van der Waals surface area contributed by atoms with Gasteiger partial charge in [-0.3, -0.25) is 0 Å². The number of nitrogens with zero attached hydrogens (tertiary/aromatic N) is 2. The lowest BCUT2D eigenvalue weighted by atomic mass is 9.90. The smallest absolute Gasteiger partial charge is 0.144 e. The summed E-state index contributed by atoms with van der Waals surface area (Å²) in [7, 11) is 1.67. The molecule has 1 aromatic heterocycles. The second-order valence-electron chi connectivity index (χ2n) is 5.22. The number of rotatable bonds is 4. The average Bonchev–Trinajstić information content (AvgIpc) is 2.38. The second kappa shape index (κ2) is 7.40. The van der Waals surface area contributed by atoms with E-state index in [0.717, 1.165) is 11.5 Å². The largest absolute Gasteiger partial charge is 0.378 e. The Bertz CT molecular complexity index is 389. The molecule has 1 saturated carbocycles. The van der Waals surface area contributed by atoms with Crippen molar-refractivity contribution in [1.82, 2.24) is 9.97 Å². The van der Waals surface area contributed by atoms with Crippen LogP contribution >= 0.6 is 0 Å². The highest BCUT2D eigenvalue weighted by Gasteiger charge is 2.17. The third kappa shape index (κ3) is 4.14. The number of ether oxygens (including phenoxy) is 1. The Balaban J connectivity index is 2.17. The summed E-state index contributed by atoms with van der Waals surface area (Å²) in [4.78, 5) is 9.16. The van der Waals surface area contributed by atoms with Gasteiger partial charge < -0.3 is 10.2 Å². The molecule has 0 saturated heterocycles. The topological polar surface area (TPSA) is 73.1 Å². The van der Waals surface area contributed by atoms with E-state index in [0.29, 0.717) is 18.3 Å². The molecule has 0 unspecified atom stereocenters. The van der Waals surface area contributed by atoms with Gasteiger partial charge in [0.15, 0.2) is 0 Å². The average molecular weight is 264 g/mol. The van der Waals surface area contributed by atoms with Gasteiger partial charge in [0.25, 0.3) is 0 Å². The van der Waals surface area contributed by atoms with E-state index in [4.69, 9.17) is 10.6 Å². The molecule has 0 spiro atoms. The quantitative estimate of drug-likeness (QED) is 0.646. The lowest BCUT2D eigenvalue weighted by Crippen LogP contribution is -2.14. The molecule has 0 bridgehead atoms. The molecule has 19 heavy (non-hydrogen) atoms. The molecule has 0 radical (unpaired) electrons. The van der Waals surface area contributed by atoms with Crippen molar-refractivity contribution >= 4 is 5.82 Å².